The number of hydrogen-bond donors (Lipinski definition) is 1. The van der Waals surface area contributed by atoms with E-state index in [9.17, 15) is 9.59 Å². The van der Waals surface area contributed by atoms with Crippen molar-refractivity contribution in [3.8, 4) is 6.01 Å². The third-order valence-corrected chi connectivity index (χ3v) is 4.89. The molecule has 1 N–H and O–H groups in total. The zero-order valence-electron chi connectivity index (χ0n) is 15.5. The van der Waals surface area contributed by atoms with Crippen molar-refractivity contribution in [1.29, 1.82) is 0 Å². The van der Waals surface area contributed by atoms with Crippen molar-refractivity contribution in [1.82, 2.24) is 15.3 Å². The summed E-state index contributed by atoms with van der Waals surface area (Å²) in [5.41, 5.74) is 0.330. The van der Waals surface area contributed by atoms with E-state index in [0.29, 0.717) is 28.0 Å². The molecule has 1 aromatic carbocycles. The first-order chi connectivity index (χ1) is 13.3. The Balaban J connectivity index is 1.68. The standard InChI is InChI=1S/C19H20Cl2N4O3/c1-3-28-18-22-5-4-14(24-18)10-23-17(27)19(2)9-16(26)25(11-19)15-7-12(20)6-13(21)8-15/h4-8H,3,9-11H2,1-2H3,(H,23,27). The number of amides is 2. The van der Waals surface area contributed by atoms with Gasteiger partial charge in [0.15, 0.2) is 0 Å². The predicted molar refractivity (Wildman–Crippen MR) is 107 cm³/mol. The lowest BCUT2D eigenvalue weighted by atomic mass is 9.88. The zero-order valence-corrected chi connectivity index (χ0v) is 17.0. The van der Waals surface area contributed by atoms with E-state index in [4.69, 9.17) is 27.9 Å². The SMILES string of the molecule is CCOc1nccc(CNC(=O)C2(C)CC(=O)N(c3cc(Cl)cc(Cl)c3)C2)n1. The number of hydrogen-bond acceptors (Lipinski definition) is 5. The molecule has 7 nitrogen and oxygen atoms in total. The number of carbonyl (C=O) groups excluding carboxylic acids is 2. The second kappa shape index (κ2) is 8.32. The summed E-state index contributed by atoms with van der Waals surface area (Å²) in [5.74, 6) is -0.385. The number of nitrogens with zero attached hydrogens (tertiary/aromatic N) is 3. The van der Waals surface area contributed by atoms with Crippen LogP contribution in [0.2, 0.25) is 10.0 Å². The van der Waals surface area contributed by atoms with Crippen molar-refractivity contribution in [3.63, 3.8) is 0 Å². The number of benzene rings is 1. The molecule has 2 amide bonds. The lowest BCUT2D eigenvalue weighted by Crippen LogP contribution is -2.40. The van der Waals surface area contributed by atoms with Crippen molar-refractivity contribution in [2.75, 3.05) is 18.1 Å². The van der Waals surface area contributed by atoms with Crippen molar-refractivity contribution >= 4 is 40.7 Å². The van der Waals surface area contributed by atoms with E-state index in [0.717, 1.165) is 0 Å². The lowest BCUT2D eigenvalue weighted by Gasteiger charge is -2.23. The van der Waals surface area contributed by atoms with Gasteiger partial charge in [0, 0.05) is 34.9 Å². The maximum absolute atomic E-state index is 12.8. The minimum atomic E-state index is -0.873. The fraction of sp³-hybridized carbons (Fsp3) is 0.368. The number of anilines is 1. The maximum atomic E-state index is 12.8. The second-order valence-corrected chi connectivity index (χ2v) is 7.66. The van der Waals surface area contributed by atoms with Gasteiger partial charge in [-0.2, -0.15) is 4.98 Å². The molecule has 0 spiro atoms. The maximum Gasteiger partial charge on any atom is 0.316 e. The third kappa shape index (κ3) is 4.54. The number of ether oxygens (including phenoxy) is 1. The molecule has 0 saturated carbocycles. The molecule has 2 heterocycles. The van der Waals surface area contributed by atoms with Gasteiger partial charge in [0.2, 0.25) is 11.8 Å². The van der Waals surface area contributed by atoms with Crippen LogP contribution in [-0.2, 0) is 16.1 Å². The number of rotatable bonds is 6. The molecule has 1 aliphatic rings. The minimum Gasteiger partial charge on any atom is -0.464 e. The summed E-state index contributed by atoms with van der Waals surface area (Å²) in [5, 5.41) is 3.72. The highest BCUT2D eigenvalue weighted by atomic mass is 35.5. The molecular weight excluding hydrogens is 403 g/mol. The first-order valence-electron chi connectivity index (χ1n) is 8.80. The summed E-state index contributed by atoms with van der Waals surface area (Å²) >= 11 is 12.1. The van der Waals surface area contributed by atoms with E-state index in [1.54, 1.807) is 37.4 Å². The number of carbonyl (C=O) groups is 2. The molecule has 1 aromatic heterocycles. The zero-order chi connectivity index (χ0) is 20.3. The topological polar surface area (TPSA) is 84.4 Å². The van der Waals surface area contributed by atoms with Gasteiger partial charge in [-0.1, -0.05) is 23.2 Å². The van der Waals surface area contributed by atoms with Gasteiger partial charge in [0.05, 0.1) is 24.3 Å². The highest BCUT2D eigenvalue weighted by Crippen LogP contribution is 2.36. The normalized spacial score (nSPS) is 19.0. The molecule has 1 atom stereocenters. The molecule has 3 rings (SSSR count). The molecule has 0 radical (unpaired) electrons. The highest BCUT2D eigenvalue weighted by molar-refractivity contribution is 6.35. The van der Waals surface area contributed by atoms with E-state index in [-0.39, 0.29) is 37.3 Å². The van der Waals surface area contributed by atoms with Gasteiger partial charge in [-0.15, -0.1) is 0 Å². The Morgan fingerprint density at radius 3 is 2.71 bits per heavy atom. The van der Waals surface area contributed by atoms with Crippen molar-refractivity contribution in [2.45, 2.75) is 26.8 Å². The van der Waals surface area contributed by atoms with Crippen molar-refractivity contribution in [2.24, 2.45) is 5.41 Å². The van der Waals surface area contributed by atoms with E-state index in [2.05, 4.69) is 15.3 Å². The van der Waals surface area contributed by atoms with E-state index >= 15 is 0 Å². The van der Waals surface area contributed by atoms with Crippen LogP contribution in [0.5, 0.6) is 6.01 Å². The van der Waals surface area contributed by atoms with Crippen LogP contribution >= 0.6 is 23.2 Å². The molecule has 0 bridgehead atoms. The van der Waals surface area contributed by atoms with E-state index in [1.165, 1.54) is 4.90 Å². The van der Waals surface area contributed by atoms with Gasteiger partial charge in [0.25, 0.3) is 0 Å². The molecule has 9 heteroatoms. The summed E-state index contributed by atoms with van der Waals surface area (Å²) in [7, 11) is 0. The fourth-order valence-electron chi connectivity index (χ4n) is 3.06. The largest absolute Gasteiger partial charge is 0.464 e. The molecule has 1 fully saturated rings. The summed E-state index contributed by atoms with van der Waals surface area (Å²) in [4.78, 5) is 35.1. The predicted octanol–water partition coefficient (Wildman–Crippen LogP) is 3.24. The van der Waals surface area contributed by atoms with Crippen LogP contribution in [0.3, 0.4) is 0 Å². The Morgan fingerprint density at radius 2 is 2.04 bits per heavy atom. The van der Waals surface area contributed by atoms with Crippen molar-refractivity contribution < 1.29 is 14.3 Å². The van der Waals surface area contributed by atoms with Crippen LogP contribution < -0.4 is 15.0 Å². The van der Waals surface area contributed by atoms with Gasteiger partial charge in [-0.05, 0) is 38.1 Å². The molecule has 1 unspecified atom stereocenters. The number of aromatic nitrogens is 2. The van der Waals surface area contributed by atoms with Crippen LogP contribution in [-0.4, -0.2) is 34.9 Å². The monoisotopic (exact) mass is 422 g/mol. The van der Waals surface area contributed by atoms with Crippen LogP contribution in [0.25, 0.3) is 0 Å². The summed E-state index contributed by atoms with van der Waals surface area (Å²) < 4.78 is 5.26. The van der Waals surface area contributed by atoms with Gasteiger partial charge in [-0.25, -0.2) is 4.98 Å². The average molecular weight is 423 g/mol. The Morgan fingerprint density at radius 1 is 1.32 bits per heavy atom. The quantitative estimate of drug-likeness (QED) is 0.771. The van der Waals surface area contributed by atoms with Gasteiger partial charge < -0.3 is 15.0 Å². The van der Waals surface area contributed by atoms with Crippen LogP contribution in [0.4, 0.5) is 5.69 Å². The second-order valence-electron chi connectivity index (χ2n) is 6.79. The molecule has 2 aromatic rings. The third-order valence-electron chi connectivity index (χ3n) is 4.45. The first-order valence-corrected chi connectivity index (χ1v) is 9.56. The van der Waals surface area contributed by atoms with Gasteiger partial charge in [-0.3, -0.25) is 9.59 Å². The van der Waals surface area contributed by atoms with Crippen LogP contribution in [0.1, 0.15) is 26.0 Å². The molecule has 0 aliphatic carbocycles. The van der Waals surface area contributed by atoms with Crippen molar-refractivity contribution in [3.05, 3.63) is 46.2 Å². The molecular formula is C19H20Cl2N4O3. The van der Waals surface area contributed by atoms with Gasteiger partial charge in [0.1, 0.15) is 0 Å². The van der Waals surface area contributed by atoms with E-state index < -0.39 is 5.41 Å². The van der Waals surface area contributed by atoms with Crippen LogP contribution in [0, 0.1) is 5.41 Å². The minimum absolute atomic E-state index is 0.0942. The Labute approximate surface area is 173 Å². The van der Waals surface area contributed by atoms with Crippen LogP contribution in [0.15, 0.2) is 30.5 Å². The number of nitrogens with one attached hydrogen (secondary N) is 1. The Hall–Kier alpha value is -2.38. The molecule has 1 saturated heterocycles. The molecule has 148 valence electrons. The number of halogens is 2. The average Bonchev–Trinajstić information content (AvgIpc) is 2.95. The summed E-state index contributed by atoms with van der Waals surface area (Å²) in [6.07, 6.45) is 1.67. The highest BCUT2D eigenvalue weighted by Gasteiger charge is 2.45. The smallest absolute Gasteiger partial charge is 0.316 e. The van der Waals surface area contributed by atoms with E-state index in [1.807, 2.05) is 6.92 Å². The first kappa shape index (κ1) is 20.4. The van der Waals surface area contributed by atoms with Gasteiger partial charge >= 0.3 is 6.01 Å². The lowest BCUT2D eigenvalue weighted by molar-refractivity contribution is -0.131. The molecule has 28 heavy (non-hydrogen) atoms. The Bertz CT molecular complexity index is 888. The summed E-state index contributed by atoms with van der Waals surface area (Å²) in [6, 6.07) is 6.87. The summed E-state index contributed by atoms with van der Waals surface area (Å²) in [6.45, 7) is 4.52. The molecule has 1 aliphatic heterocycles. The Kier molecular flexibility index (Phi) is 6.05. The fourth-order valence-corrected chi connectivity index (χ4v) is 3.58.